The number of carbonyl (C=O) groups is 2. The molecule has 1 N–H and O–H groups in total. The van der Waals surface area contributed by atoms with E-state index in [-0.39, 0.29) is 18.5 Å². The van der Waals surface area contributed by atoms with Crippen LogP contribution in [0.2, 0.25) is 0 Å². The zero-order valence-electron chi connectivity index (χ0n) is 9.04. The van der Waals surface area contributed by atoms with E-state index in [1.165, 1.54) is 15.9 Å². The molecule has 2 rings (SSSR count). The van der Waals surface area contributed by atoms with Gasteiger partial charge >= 0.3 is 6.03 Å². The van der Waals surface area contributed by atoms with E-state index >= 15 is 0 Å². The first-order chi connectivity index (χ1) is 7.50. The Balaban J connectivity index is 2.00. The first-order valence-corrected chi connectivity index (χ1v) is 4.85. The number of imide groups is 1. The third kappa shape index (κ3) is 1.73. The summed E-state index contributed by atoms with van der Waals surface area (Å²) in [5.74, 6) is -0.231. The van der Waals surface area contributed by atoms with Crippen molar-refractivity contribution in [3.8, 4) is 0 Å². The quantitative estimate of drug-likeness (QED) is 0.665. The first-order valence-electron chi connectivity index (χ1n) is 4.85. The van der Waals surface area contributed by atoms with Crippen molar-refractivity contribution < 1.29 is 9.59 Å². The number of carbonyl (C=O) groups excluding carboxylic acids is 2. The Morgan fingerprint density at radius 1 is 1.38 bits per heavy atom. The second-order valence-corrected chi connectivity index (χ2v) is 4.08. The summed E-state index contributed by atoms with van der Waals surface area (Å²) >= 11 is 0. The Kier molecular flexibility index (Phi) is 2.33. The van der Waals surface area contributed by atoms with Crippen molar-refractivity contribution >= 4 is 11.9 Å². The van der Waals surface area contributed by atoms with Crippen LogP contribution in [-0.4, -0.2) is 49.1 Å². The Hall–Kier alpha value is -1.99. The van der Waals surface area contributed by atoms with E-state index in [1.807, 2.05) is 0 Å². The standard InChI is InChI=1S/C8H12N6O2/c1-8(2)6(15)14(7(16)10-8)4-3-13-5-9-11-12-13/h5H,3-4H2,1-2H3,(H,10,16). The summed E-state index contributed by atoms with van der Waals surface area (Å²) in [6.45, 7) is 4.00. The average molecular weight is 224 g/mol. The highest BCUT2D eigenvalue weighted by Gasteiger charge is 2.43. The van der Waals surface area contributed by atoms with Crippen molar-refractivity contribution in [1.29, 1.82) is 0 Å². The van der Waals surface area contributed by atoms with E-state index in [1.54, 1.807) is 13.8 Å². The highest BCUT2D eigenvalue weighted by molar-refractivity contribution is 6.06. The third-order valence-electron chi connectivity index (χ3n) is 2.39. The summed E-state index contributed by atoms with van der Waals surface area (Å²) in [5, 5.41) is 13.2. The van der Waals surface area contributed by atoms with Gasteiger partial charge in [-0.3, -0.25) is 9.69 Å². The van der Waals surface area contributed by atoms with Crippen LogP contribution in [0.4, 0.5) is 4.79 Å². The lowest BCUT2D eigenvalue weighted by atomic mass is 10.1. The molecule has 1 fully saturated rings. The van der Waals surface area contributed by atoms with Gasteiger partial charge in [-0.05, 0) is 24.3 Å². The predicted octanol–water partition coefficient (Wildman–Crippen LogP) is -0.996. The fourth-order valence-electron chi connectivity index (χ4n) is 1.51. The lowest BCUT2D eigenvalue weighted by molar-refractivity contribution is -0.130. The summed E-state index contributed by atoms with van der Waals surface area (Å²) < 4.78 is 1.46. The topological polar surface area (TPSA) is 93.0 Å². The van der Waals surface area contributed by atoms with Crippen molar-refractivity contribution in [2.45, 2.75) is 25.9 Å². The molecular weight excluding hydrogens is 212 g/mol. The first kappa shape index (κ1) is 10.5. The fourth-order valence-corrected chi connectivity index (χ4v) is 1.51. The molecule has 1 aliphatic rings. The minimum atomic E-state index is -0.822. The van der Waals surface area contributed by atoms with Gasteiger partial charge in [0.1, 0.15) is 11.9 Å². The van der Waals surface area contributed by atoms with Crippen molar-refractivity contribution in [3.05, 3.63) is 6.33 Å². The van der Waals surface area contributed by atoms with Crippen LogP contribution in [0.1, 0.15) is 13.8 Å². The zero-order valence-corrected chi connectivity index (χ0v) is 9.04. The van der Waals surface area contributed by atoms with Crippen LogP contribution in [-0.2, 0) is 11.3 Å². The molecule has 3 amide bonds. The molecule has 0 spiro atoms. The van der Waals surface area contributed by atoms with Crippen LogP contribution >= 0.6 is 0 Å². The zero-order chi connectivity index (χ0) is 11.8. The largest absolute Gasteiger partial charge is 0.325 e. The van der Waals surface area contributed by atoms with Crippen molar-refractivity contribution in [3.63, 3.8) is 0 Å². The Bertz CT molecular complexity index is 412. The van der Waals surface area contributed by atoms with E-state index in [0.29, 0.717) is 6.54 Å². The van der Waals surface area contributed by atoms with Crippen molar-refractivity contribution in [2.24, 2.45) is 0 Å². The third-order valence-corrected chi connectivity index (χ3v) is 2.39. The van der Waals surface area contributed by atoms with Gasteiger partial charge in [-0.15, -0.1) is 5.10 Å². The molecule has 0 atom stereocenters. The molecule has 0 bridgehead atoms. The highest BCUT2D eigenvalue weighted by Crippen LogP contribution is 2.15. The summed E-state index contributed by atoms with van der Waals surface area (Å²) in [6.07, 6.45) is 1.43. The molecule has 8 nitrogen and oxygen atoms in total. The van der Waals surface area contributed by atoms with Gasteiger partial charge in [0.25, 0.3) is 5.91 Å². The average Bonchev–Trinajstić information content (AvgIpc) is 2.74. The lowest BCUT2D eigenvalue weighted by Crippen LogP contribution is -2.40. The Morgan fingerprint density at radius 3 is 2.62 bits per heavy atom. The number of hydrogen-bond donors (Lipinski definition) is 1. The van der Waals surface area contributed by atoms with Gasteiger partial charge in [0.15, 0.2) is 0 Å². The van der Waals surface area contributed by atoms with E-state index in [9.17, 15) is 9.59 Å². The maximum atomic E-state index is 11.8. The Labute approximate surface area is 91.6 Å². The summed E-state index contributed by atoms with van der Waals surface area (Å²) in [4.78, 5) is 24.4. The number of tetrazole rings is 1. The fraction of sp³-hybridized carbons (Fsp3) is 0.625. The minimum Gasteiger partial charge on any atom is -0.324 e. The van der Waals surface area contributed by atoms with E-state index in [0.717, 1.165) is 0 Å². The van der Waals surface area contributed by atoms with Crippen LogP contribution in [0, 0.1) is 0 Å². The molecule has 1 aromatic rings. The molecule has 8 heteroatoms. The van der Waals surface area contributed by atoms with Crippen LogP contribution in [0.3, 0.4) is 0 Å². The molecule has 1 saturated heterocycles. The molecule has 1 aromatic heterocycles. The van der Waals surface area contributed by atoms with Gasteiger partial charge < -0.3 is 5.32 Å². The molecule has 16 heavy (non-hydrogen) atoms. The van der Waals surface area contributed by atoms with Crippen LogP contribution in [0.5, 0.6) is 0 Å². The van der Waals surface area contributed by atoms with Gasteiger partial charge in [0.2, 0.25) is 0 Å². The monoisotopic (exact) mass is 224 g/mol. The number of aromatic nitrogens is 4. The SMILES string of the molecule is CC1(C)NC(=O)N(CCn2cnnn2)C1=O. The van der Waals surface area contributed by atoms with Crippen LogP contribution in [0.15, 0.2) is 6.33 Å². The smallest absolute Gasteiger partial charge is 0.324 e. The normalized spacial score (nSPS) is 19.0. The predicted molar refractivity (Wildman–Crippen MR) is 52.1 cm³/mol. The van der Waals surface area contributed by atoms with E-state index in [4.69, 9.17) is 0 Å². The van der Waals surface area contributed by atoms with E-state index in [2.05, 4.69) is 20.8 Å². The molecular formula is C8H12N6O2. The minimum absolute atomic E-state index is 0.231. The number of rotatable bonds is 3. The molecule has 2 heterocycles. The summed E-state index contributed by atoms with van der Waals surface area (Å²) in [5.41, 5.74) is -0.822. The number of amides is 3. The number of nitrogens with one attached hydrogen (secondary N) is 1. The van der Waals surface area contributed by atoms with Gasteiger partial charge in [0.05, 0.1) is 13.1 Å². The summed E-state index contributed by atoms with van der Waals surface area (Å²) in [7, 11) is 0. The lowest BCUT2D eigenvalue weighted by Gasteiger charge is -2.15. The number of nitrogens with zero attached hydrogens (tertiary/aromatic N) is 5. The van der Waals surface area contributed by atoms with Gasteiger partial charge in [-0.1, -0.05) is 0 Å². The maximum absolute atomic E-state index is 11.8. The Morgan fingerprint density at radius 2 is 2.12 bits per heavy atom. The van der Waals surface area contributed by atoms with Gasteiger partial charge in [-0.2, -0.15) is 0 Å². The molecule has 0 aromatic carbocycles. The molecule has 0 aliphatic carbocycles. The molecule has 0 radical (unpaired) electrons. The second kappa shape index (κ2) is 3.54. The van der Waals surface area contributed by atoms with Gasteiger partial charge in [-0.25, -0.2) is 9.48 Å². The molecule has 1 aliphatic heterocycles. The number of urea groups is 1. The highest BCUT2D eigenvalue weighted by atomic mass is 16.2. The molecule has 0 saturated carbocycles. The number of hydrogen-bond acceptors (Lipinski definition) is 5. The maximum Gasteiger partial charge on any atom is 0.325 e. The second-order valence-electron chi connectivity index (χ2n) is 4.08. The molecule has 86 valence electrons. The van der Waals surface area contributed by atoms with Crippen molar-refractivity contribution in [1.82, 2.24) is 30.4 Å². The van der Waals surface area contributed by atoms with E-state index < -0.39 is 5.54 Å². The van der Waals surface area contributed by atoms with Crippen molar-refractivity contribution in [2.75, 3.05) is 6.54 Å². The summed E-state index contributed by atoms with van der Waals surface area (Å²) in [6, 6.07) is -0.372. The molecule has 0 unspecified atom stereocenters. The van der Waals surface area contributed by atoms with Crippen LogP contribution in [0.25, 0.3) is 0 Å². The van der Waals surface area contributed by atoms with Crippen LogP contribution < -0.4 is 5.32 Å². The van der Waals surface area contributed by atoms with Gasteiger partial charge in [0, 0.05) is 0 Å².